The molecule has 106 valence electrons. The Kier molecular flexibility index (Phi) is 4.93. The molecule has 0 aromatic heterocycles. The molecule has 0 saturated heterocycles. The highest BCUT2D eigenvalue weighted by molar-refractivity contribution is 9.10. The number of halogens is 1. The highest BCUT2D eigenvalue weighted by Crippen LogP contribution is 2.13. The molecule has 20 heavy (non-hydrogen) atoms. The number of nitrogens with one attached hydrogen (secondary N) is 1. The number of hydrogen-bond acceptors (Lipinski definition) is 3. The van der Waals surface area contributed by atoms with Crippen LogP contribution in [0, 0.1) is 0 Å². The zero-order valence-electron chi connectivity index (χ0n) is 10.7. The van der Waals surface area contributed by atoms with Crippen molar-refractivity contribution >= 4 is 26.0 Å². The Morgan fingerprint density at radius 1 is 0.950 bits per heavy atom. The number of sulfonamides is 1. The van der Waals surface area contributed by atoms with Gasteiger partial charge in [-0.25, -0.2) is 13.1 Å². The van der Waals surface area contributed by atoms with Gasteiger partial charge in [-0.3, -0.25) is 0 Å². The summed E-state index contributed by atoms with van der Waals surface area (Å²) in [5, 5.41) is 0. The van der Waals surface area contributed by atoms with Crippen molar-refractivity contribution in [3.05, 3.63) is 64.1 Å². The zero-order valence-corrected chi connectivity index (χ0v) is 13.1. The fourth-order valence-corrected chi connectivity index (χ4v) is 2.95. The van der Waals surface area contributed by atoms with Gasteiger partial charge in [0.05, 0.1) is 4.90 Å². The normalized spacial score (nSPS) is 11.5. The minimum atomic E-state index is -3.50. The van der Waals surface area contributed by atoms with E-state index < -0.39 is 10.0 Å². The molecule has 3 N–H and O–H groups in total. The van der Waals surface area contributed by atoms with Crippen LogP contribution in [0.3, 0.4) is 0 Å². The third-order valence-corrected chi connectivity index (χ3v) is 4.79. The lowest BCUT2D eigenvalue weighted by Crippen LogP contribution is -2.23. The van der Waals surface area contributed by atoms with E-state index in [9.17, 15) is 8.42 Å². The minimum Gasteiger partial charge on any atom is -0.326 e. The fourth-order valence-electron chi connectivity index (χ4n) is 1.67. The smallest absolute Gasteiger partial charge is 0.240 e. The van der Waals surface area contributed by atoms with Crippen molar-refractivity contribution in [1.82, 2.24) is 4.72 Å². The Labute approximate surface area is 127 Å². The Hall–Kier alpha value is -1.21. The lowest BCUT2D eigenvalue weighted by Gasteiger charge is -2.07. The van der Waals surface area contributed by atoms with E-state index in [0.29, 0.717) is 6.54 Å². The molecule has 0 bridgehead atoms. The summed E-state index contributed by atoms with van der Waals surface area (Å²) in [7, 11) is -3.50. The first-order chi connectivity index (χ1) is 9.51. The molecule has 2 aromatic carbocycles. The maximum Gasteiger partial charge on any atom is 0.240 e. The van der Waals surface area contributed by atoms with Gasteiger partial charge < -0.3 is 5.73 Å². The molecule has 0 heterocycles. The van der Waals surface area contributed by atoms with Gasteiger partial charge in [-0.05, 0) is 35.4 Å². The fraction of sp³-hybridized carbons (Fsp3) is 0.143. The van der Waals surface area contributed by atoms with E-state index in [1.807, 2.05) is 24.3 Å². The quantitative estimate of drug-likeness (QED) is 0.865. The molecule has 0 fully saturated rings. The molecule has 2 aromatic rings. The molecule has 0 unspecified atom stereocenters. The maximum absolute atomic E-state index is 12.1. The first-order valence-corrected chi connectivity index (χ1v) is 8.32. The van der Waals surface area contributed by atoms with Crippen molar-refractivity contribution in [3.8, 4) is 0 Å². The average Bonchev–Trinajstić information content (AvgIpc) is 2.47. The lowest BCUT2D eigenvalue weighted by molar-refractivity contribution is 0.581. The van der Waals surface area contributed by atoms with E-state index in [2.05, 4.69) is 20.7 Å². The first-order valence-electron chi connectivity index (χ1n) is 6.04. The van der Waals surface area contributed by atoms with E-state index in [0.717, 1.165) is 15.6 Å². The summed E-state index contributed by atoms with van der Waals surface area (Å²) in [5.74, 6) is 0. The highest BCUT2D eigenvalue weighted by Gasteiger charge is 2.13. The largest absolute Gasteiger partial charge is 0.326 e. The Balaban J connectivity index is 2.08. The van der Waals surface area contributed by atoms with Gasteiger partial charge in [-0.1, -0.05) is 40.2 Å². The number of rotatable bonds is 5. The van der Waals surface area contributed by atoms with Gasteiger partial charge in [0.1, 0.15) is 0 Å². The molecule has 0 aliphatic rings. The van der Waals surface area contributed by atoms with Gasteiger partial charge in [0.15, 0.2) is 0 Å². The SMILES string of the molecule is NCc1ccc(S(=O)(=O)NCc2ccc(Br)cc2)cc1. The van der Waals surface area contributed by atoms with Gasteiger partial charge in [-0.15, -0.1) is 0 Å². The lowest BCUT2D eigenvalue weighted by atomic mass is 10.2. The van der Waals surface area contributed by atoms with Gasteiger partial charge in [-0.2, -0.15) is 0 Å². The molecule has 0 saturated carbocycles. The van der Waals surface area contributed by atoms with Crippen molar-refractivity contribution < 1.29 is 8.42 Å². The molecule has 2 rings (SSSR count). The highest BCUT2D eigenvalue weighted by atomic mass is 79.9. The summed E-state index contributed by atoms with van der Waals surface area (Å²) in [6.45, 7) is 0.654. The van der Waals surface area contributed by atoms with E-state index in [-0.39, 0.29) is 11.4 Å². The molecule has 0 radical (unpaired) electrons. The topological polar surface area (TPSA) is 72.2 Å². The van der Waals surface area contributed by atoms with Gasteiger partial charge in [0, 0.05) is 17.6 Å². The number of hydrogen-bond donors (Lipinski definition) is 2. The number of nitrogens with two attached hydrogens (primary N) is 1. The van der Waals surface area contributed by atoms with E-state index in [4.69, 9.17) is 5.73 Å². The second kappa shape index (κ2) is 6.49. The van der Waals surface area contributed by atoms with Crippen molar-refractivity contribution in [3.63, 3.8) is 0 Å². The van der Waals surface area contributed by atoms with Crippen LogP contribution in [0.2, 0.25) is 0 Å². The summed E-state index contributed by atoms with van der Waals surface area (Å²) in [5.41, 5.74) is 7.29. The van der Waals surface area contributed by atoms with Crippen LogP contribution >= 0.6 is 15.9 Å². The third kappa shape index (κ3) is 3.89. The van der Waals surface area contributed by atoms with Crippen molar-refractivity contribution in [2.45, 2.75) is 18.0 Å². The molecular weight excluding hydrogens is 340 g/mol. The van der Waals surface area contributed by atoms with Gasteiger partial charge >= 0.3 is 0 Å². The average molecular weight is 355 g/mol. The monoisotopic (exact) mass is 354 g/mol. The van der Waals surface area contributed by atoms with E-state index in [1.54, 1.807) is 24.3 Å². The van der Waals surface area contributed by atoms with Crippen LogP contribution in [-0.2, 0) is 23.1 Å². The first kappa shape index (κ1) is 15.2. The van der Waals surface area contributed by atoms with E-state index in [1.165, 1.54) is 0 Å². The Bertz CT molecular complexity index is 667. The van der Waals surface area contributed by atoms with Crippen LogP contribution in [0.25, 0.3) is 0 Å². The minimum absolute atomic E-state index is 0.242. The molecule has 0 spiro atoms. The zero-order chi connectivity index (χ0) is 14.6. The Morgan fingerprint density at radius 2 is 1.50 bits per heavy atom. The van der Waals surface area contributed by atoms with Crippen molar-refractivity contribution in [2.24, 2.45) is 5.73 Å². The third-order valence-electron chi connectivity index (χ3n) is 2.85. The van der Waals surface area contributed by atoms with Crippen LogP contribution in [0.1, 0.15) is 11.1 Å². The Morgan fingerprint density at radius 3 is 2.05 bits per heavy atom. The second-order valence-electron chi connectivity index (χ2n) is 4.30. The molecule has 6 heteroatoms. The predicted octanol–water partition coefficient (Wildman–Crippen LogP) is 2.39. The predicted molar refractivity (Wildman–Crippen MR) is 82.5 cm³/mol. The van der Waals surface area contributed by atoms with Crippen LogP contribution < -0.4 is 10.5 Å². The summed E-state index contributed by atoms with van der Waals surface area (Å²) in [6, 6.07) is 14.0. The molecule has 0 atom stereocenters. The van der Waals surface area contributed by atoms with Crippen LogP contribution in [0.5, 0.6) is 0 Å². The van der Waals surface area contributed by atoms with Crippen LogP contribution in [-0.4, -0.2) is 8.42 Å². The van der Waals surface area contributed by atoms with Crippen molar-refractivity contribution in [1.29, 1.82) is 0 Å². The standard InChI is InChI=1S/C14H15BrN2O2S/c15-13-5-1-12(2-6-13)10-17-20(18,19)14-7-3-11(9-16)4-8-14/h1-8,17H,9-10,16H2. The summed E-state index contributed by atoms with van der Waals surface area (Å²) >= 11 is 3.34. The molecule has 0 aliphatic heterocycles. The van der Waals surface area contributed by atoms with Crippen molar-refractivity contribution in [2.75, 3.05) is 0 Å². The summed E-state index contributed by atoms with van der Waals surface area (Å²) in [4.78, 5) is 0.242. The molecule has 0 amide bonds. The summed E-state index contributed by atoms with van der Waals surface area (Å²) in [6.07, 6.45) is 0. The van der Waals surface area contributed by atoms with E-state index >= 15 is 0 Å². The molecule has 0 aliphatic carbocycles. The second-order valence-corrected chi connectivity index (χ2v) is 6.98. The number of benzene rings is 2. The summed E-state index contributed by atoms with van der Waals surface area (Å²) < 4.78 is 27.8. The molecular formula is C14H15BrN2O2S. The maximum atomic E-state index is 12.1. The molecule has 4 nitrogen and oxygen atoms in total. The van der Waals surface area contributed by atoms with Gasteiger partial charge in [0.25, 0.3) is 0 Å². The van der Waals surface area contributed by atoms with Crippen LogP contribution in [0.4, 0.5) is 0 Å². The van der Waals surface area contributed by atoms with Gasteiger partial charge in [0.2, 0.25) is 10.0 Å². The van der Waals surface area contributed by atoms with Crippen LogP contribution in [0.15, 0.2) is 57.9 Å².